The average Bonchev–Trinajstić information content (AvgIpc) is 2.64. The smallest absolute Gasteiger partial charge is 0.256 e. The second kappa shape index (κ2) is 7.15. The van der Waals surface area contributed by atoms with Crippen LogP contribution in [-0.4, -0.2) is 26.4 Å². The van der Waals surface area contributed by atoms with Crippen molar-refractivity contribution in [2.24, 2.45) is 0 Å². The number of benzene rings is 1. The van der Waals surface area contributed by atoms with Crippen molar-refractivity contribution >= 4 is 23.8 Å². The molecule has 0 aliphatic carbocycles. The SMILES string of the molecule is O=c1[nH]c(=S)[nH]c2c1CN(Cc1ccc(-c3ccc(Cl)cc3)nc1)CC2. The lowest BCUT2D eigenvalue weighted by atomic mass is 10.1. The van der Waals surface area contributed by atoms with Crippen LogP contribution in [0, 0.1) is 4.77 Å². The lowest BCUT2D eigenvalue weighted by Gasteiger charge is -2.27. The van der Waals surface area contributed by atoms with Crippen molar-refractivity contribution < 1.29 is 0 Å². The van der Waals surface area contributed by atoms with Gasteiger partial charge in [0.15, 0.2) is 4.77 Å². The van der Waals surface area contributed by atoms with Crippen LogP contribution < -0.4 is 5.56 Å². The highest BCUT2D eigenvalue weighted by Gasteiger charge is 2.19. The summed E-state index contributed by atoms with van der Waals surface area (Å²) in [7, 11) is 0. The molecule has 3 aromatic rings. The minimum Gasteiger partial charge on any atom is -0.335 e. The van der Waals surface area contributed by atoms with Gasteiger partial charge in [0.25, 0.3) is 5.56 Å². The molecule has 0 atom stereocenters. The molecule has 0 fully saturated rings. The maximum absolute atomic E-state index is 12.1. The van der Waals surface area contributed by atoms with E-state index in [1.807, 2.05) is 36.5 Å². The zero-order valence-electron chi connectivity index (χ0n) is 14.0. The van der Waals surface area contributed by atoms with E-state index in [1.54, 1.807) is 0 Å². The van der Waals surface area contributed by atoms with E-state index in [1.165, 1.54) is 0 Å². The highest BCUT2D eigenvalue weighted by molar-refractivity contribution is 7.71. The van der Waals surface area contributed by atoms with Crippen molar-refractivity contribution in [3.05, 3.63) is 79.6 Å². The summed E-state index contributed by atoms with van der Waals surface area (Å²) in [6.45, 7) is 2.23. The molecule has 0 radical (unpaired) electrons. The van der Waals surface area contributed by atoms with Gasteiger partial charge in [-0.15, -0.1) is 0 Å². The number of nitrogens with zero attached hydrogens (tertiary/aromatic N) is 2. The standard InChI is InChI=1S/C19H17ClN4OS/c20-14-4-2-13(3-5-14)16-6-1-12(9-21-16)10-24-8-7-17-15(11-24)18(25)23-19(26)22-17/h1-6,9H,7-8,10-11H2,(H2,22,23,25,26). The zero-order valence-corrected chi connectivity index (χ0v) is 15.5. The van der Waals surface area contributed by atoms with Crippen LogP contribution in [0.1, 0.15) is 16.8 Å². The third-order valence-electron chi connectivity index (χ3n) is 4.56. The van der Waals surface area contributed by atoms with E-state index in [9.17, 15) is 4.79 Å². The number of pyridine rings is 1. The van der Waals surface area contributed by atoms with E-state index in [0.29, 0.717) is 16.3 Å². The highest BCUT2D eigenvalue weighted by Crippen LogP contribution is 2.21. The summed E-state index contributed by atoms with van der Waals surface area (Å²) in [4.78, 5) is 24.7. The molecule has 0 saturated heterocycles. The maximum Gasteiger partial charge on any atom is 0.256 e. The number of aromatic amines is 2. The first-order valence-corrected chi connectivity index (χ1v) is 9.15. The van der Waals surface area contributed by atoms with E-state index in [0.717, 1.165) is 47.6 Å². The number of nitrogens with one attached hydrogen (secondary N) is 2. The second-order valence-corrected chi connectivity index (χ2v) is 7.23. The molecule has 0 amide bonds. The number of halogens is 1. The first-order chi connectivity index (χ1) is 12.6. The molecule has 7 heteroatoms. The number of fused-ring (bicyclic) bond motifs is 1. The summed E-state index contributed by atoms with van der Waals surface area (Å²) in [5, 5.41) is 0.714. The van der Waals surface area contributed by atoms with Gasteiger partial charge < -0.3 is 4.98 Å². The Morgan fingerprint density at radius 2 is 1.96 bits per heavy atom. The van der Waals surface area contributed by atoms with Crippen molar-refractivity contribution in [3.8, 4) is 11.3 Å². The predicted molar refractivity (Wildman–Crippen MR) is 105 cm³/mol. The average molecular weight is 385 g/mol. The van der Waals surface area contributed by atoms with Gasteiger partial charge in [0, 0.05) is 48.5 Å². The van der Waals surface area contributed by atoms with Gasteiger partial charge in [-0.25, -0.2) is 0 Å². The fraction of sp³-hybridized carbons (Fsp3) is 0.211. The second-order valence-electron chi connectivity index (χ2n) is 6.38. The van der Waals surface area contributed by atoms with Crippen molar-refractivity contribution in [1.82, 2.24) is 19.9 Å². The molecule has 5 nitrogen and oxygen atoms in total. The van der Waals surface area contributed by atoms with Gasteiger partial charge in [0.1, 0.15) is 0 Å². The number of hydrogen-bond acceptors (Lipinski definition) is 4. The monoisotopic (exact) mass is 384 g/mol. The summed E-state index contributed by atoms with van der Waals surface area (Å²) < 4.78 is 0.393. The third kappa shape index (κ3) is 3.62. The lowest BCUT2D eigenvalue weighted by Crippen LogP contribution is -2.35. The summed E-state index contributed by atoms with van der Waals surface area (Å²) in [6, 6.07) is 11.7. The van der Waals surface area contributed by atoms with Gasteiger partial charge in [-0.3, -0.25) is 19.7 Å². The highest BCUT2D eigenvalue weighted by atomic mass is 35.5. The van der Waals surface area contributed by atoms with Crippen LogP contribution in [0.15, 0.2) is 47.4 Å². The number of rotatable bonds is 3. The largest absolute Gasteiger partial charge is 0.335 e. The number of hydrogen-bond donors (Lipinski definition) is 2. The molecule has 26 heavy (non-hydrogen) atoms. The van der Waals surface area contributed by atoms with Crippen LogP contribution in [0.25, 0.3) is 11.3 Å². The van der Waals surface area contributed by atoms with Gasteiger partial charge in [0.2, 0.25) is 0 Å². The van der Waals surface area contributed by atoms with Crippen LogP contribution in [0.2, 0.25) is 5.02 Å². The molecule has 0 unspecified atom stereocenters. The summed E-state index contributed by atoms with van der Waals surface area (Å²) in [5.41, 5.74) is 4.70. The van der Waals surface area contributed by atoms with E-state index >= 15 is 0 Å². The van der Waals surface area contributed by atoms with Crippen LogP contribution in [0.3, 0.4) is 0 Å². The van der Waals surface area contributed by atoms with E-state index in [-0.39, 0.29) is 5.56 Å². The van der Waals surface area contributed by atoms with Crippen molar-refractivity contribution in [1.29, 1.82) is 0 Å². The van der Waals surface area contributed by atoms with Gasteiger partial charge in [-0.05, 0) is 36.0 Å². The van der Waals surface area contributed by atoms with Crippen LogP contribution in [0.5, 0.6) is 0 Å². The Balaban J connectivity index is 1.49. The van der Waals surface area contributed by atoms with E-state index < -0.39 is 0 Å². The molecule has 4 rings (SSSR count). The van der Waals surface area contributed by atoms with E-state index in [2.05, 4.69) is 25.9 Å². The van der Waals surface area contributed by atoms with Crippen molar-refractivity contribution in [2.75, 3.05) is 6.54 Å². The molecule has 1 aliphatic rings. The van der Waals surface area contributed by atoms with Gasteiger partial charge in [-0.2, -0.15) is 0 Å². The Bertz CT molecular complexity index is 1040. The molecular formula is C19H17ClN4OS. The Labute approximate surface area is 160 Å². The van der Waals surface area contributed by atoms with Crippen molar-refractivity contribution in [3.63, 3.8) is 0 Å². The van der Waals surface area contributed by atoms with Gasteiger partial charge >= 0.3 is 0 Å². The van der Waals surface area contributed by atoms with E-state index in [4.69, 9.17) is 23.8 Å². The quantitative estimate of drug-likeness (QED) is 0.676. The normalized spacial score (nSPS) is 14.2. The minimum atomic E-state index is -0.0929. The van der Waals surface area contributed by atoms with Crippen molar-refractivity contribution in [2.45, 2.75) is 19.5 Å². The zero-order chi connectivity index (χ0) is 18.1. The molecular weight excluding hydrogens is 368 g/mol. The first kappa shape index (κ1) is 17.1. The Morgan fingerprint density at radius 1 is 1.15 bits per heavy atom. The Morgan fingerprint density at radius 3 is 2.69 bits per heavy atom. The van der Waals surface area contributed by atoms with Crippen LogP contribution in [-0.2, 0) is 19.5 Å². The van der Waals surface area contributed by atoms with Crippen LogP contribution >= 0.6 is 23.8 Å². The summed E-state index contributed by atoms with van der Waals surface area (Å²) >= 11 is 11.0. The molecule has 3 heterocycles. The molecule has 0 bridgehead atoms. The molecule has 1 aliphatic heterocycles. The van der Waals surface area contributed by atoms with Gasteiger partial charge in [0.05, 0.1) is 11.3 Å². The predicted octanol–water partition coefficient (Wildman–Crippen LogP) is 3.71. The number of H-pyrrole nitrogens is 2. The first-order valence-electron chi connectivity index (χ1n) is 8.36. The Kier molecular flexibility index (Phi) is 4.72. The third-order valence-corrected chi connectivity index (χ3v) is 5.02. The molecule has 2 aromatic heterocycles. The molecule has 132 valence electrons. The molecule has 0 spiro atoms. The topological polar surface area (TPSA) is 64.8 Å². The minimum absolute atomic E-state index is 0.0929. The molecule has 1 aromatic carbocycles. The Hall–Kier alpha value is -2.28. The van der Waals surface area contributed by atoms with Gasteiger partial charge in [-0.1, -0.05) is 29.8 Å². The fourth-order valence-corrected chi connectivity index (χ4v) is 3.56. The summed E-state index contributed by atoms with van der Waals surface area (Å²) in [5.74, 6) is 0. The summed E-state index contributed by atoms with van der Waals surface area (Å²) in [6.07, 6.45) is 2.68. The molecule has 0 saturated carbocycles. The molecule has 2 N–H and O–H groups in total. The number of aromatic nitrogens is 3. The van der Waals surface area contributed by atoms with Crippen LogP contribution in [0.4, 0.5) is 0 Å². The maximum atomic E-state index is 12.1. The lowest BCUT2D eigenvalue weighted by molar-refractivity contribution is 0.241. The fourth-order valence-electron chi connectivity index (χ4n) is 3.22.